The molecular weight excluding hydrogens is 93.9 g/mol. The molecule has 0 aromatic rings. The Morgan fingerprint density at radius 2 is 2.25 bits per heavy atom. The molecule has 0 spiro atoms. The average Bonchev–Trinajstić information content (AvgIpc) is 1.75. The van der Waals surface area contributed by atoms with Gasteiger partial charge >= 0.3 is 8.09 Å². The Labute approximate surface area is 26.0 Å². The lowest BCUT2D eigenvalue weighted by molar-refractivity contribution is -0.159. The summed E-state index contributed by atoms with van der Waals surface area (Å²) in [5, 5.41) is 0. The lowest BCUT2D eigenvalue weighted by Crippen LogP contribution is -1.70. The Bertz CT molecular complexity index is 55.1. The van der Waals surface area contributed by atoms with Crippen LogP contribution in [0.5, 0.6) is 0 Å². The van der Waals surface area contributed by atoms with Crippen LogP contribution in [0.25, 0.3) is 0 Å². The van der Waals surface area contributed by atoms with Crippen LogP contribution in [0.1, 0.15) is 0 Å². The summed E-state index contributed by atoms with van der Waals surface area (Å²) in [6.07, 6.45) is 0. The molecule has 0 saturated heterocycles. The molecule has 1 aliphatic rings. The molecule has 22 valence electrons. The van der Waals surface area contributed by atoms with Crippen LogP contribution in [0, 0.1) is 0 Å². The molecule has 0 saturated carbocycles. The summed E-state index contributed by atoms with van der Waals surface area (Å²) in [4.78, 5) is 9.47. The first-order chi connectivity index (χ1) is 1.89. The Morgan fingerprint density at radius 1 is 2.00 bits per heavy atom. The van der Waals surface area contributed by atoms with Gasteiger partial charge in [-0.25, -0.2) is 0 Å². The fraction of sp³-hybridized carbons (Fsp3) is 0. The van der Waals surface area contributed by atoms with E-state index in [9.17, 15) is 4.89 Å². The highest BCUT2D eigenvalue weighted by molar-refractivity contribution is 7.98. The highest BCUT2D eigenvalue weighted by Gasteiger charge is 2.14. The van der Waals surface area contributed by atoms with Crippen molar-refractivity contribution in [2.75, 3.05) is 0 Å². The molecule has 1 atom stereocenters. The first-order valence-electron chi connectivity index (χ1n) is 0.748. The van der Waals surface area contributed by atoms with Crippen LogP contribution < -0.4 is 4.89 Å². The summed E-state index contributed by atoms with van der Waals surface area (Å²) >= 11 is 0. The lowest BCUT2D eigenvalue weighted by Gasteiger charge is -1.50. The van der Waals surface area contributed by atoms with E-state index >= 15 is 0 Å². The average molecular weight is 93.9 g/mol. The van der Waals surface area contributed by atoms with Gasteiger partial charge in [0.25, 0.3) is 7.66 Å². The van der Waals surface area contributed by atoms with Crippen LogP contribution in [-0.2, 0) is 4.31 Å². The molecule has 0 bridgehead atoms. The molecule has 4 heavy (non-hydrogen) atoms. The third-order valence-electron chi connectivity index (χ3n) is 0.148. The zero-order valence-corrected chi connectivity index (χ0v) is 3.50. The van der Waals surface area contributed by atoms with Crippen LogP contribution in [-0.4, -0.2) is 0 Å². The van der Waals surface area contributed by atoms with E-state index in [0.717, 1.165) is 0 Å². The van der Waals surface area contributed by atoms with Gasteiger partial charge in [0.2, 0.25) is 0 Å². The van der Waals surface area contributed by atoms with Crippen molar-refractivity contribution in [3.63, 3.8) is 0 Å². The quantitative estimate of drug-likeness (QED) is 0.409. The number of rotatable bonds is 0. The predicted octanol–water partition coefficient (Wildman–Crippen LogP) is 0.465. The highest BCUT2D eigenvalue weighted by atomic mass is 31.8. The largest absolute Gasteiger partial charge is 0.598 e. The van der Waals surface area contributed by atoms with Gasteiger partial charge in [0.15, 0.2) is 0 Å². The molecule has 0 aromatic carbocycles. The number of hydrogen-bond donors (Lipinski definition) is 0. The van der Waals surface area contributed by atoms with Gasteiger partial charge in [-0.1, -0.05) is 4.31 Å². The monoisotopic (exact) mass is 93.9 g/mol. The van der Waals surface area contributed by atoms with Crippen molar-refractivity contribution in [1.82, 2.24) is 0 Å². The van der Waals surface area contributed by atoms with Gasteiger partial charge in [0.1, 0.15) is 0 Å². The van der Waals surface area contributed by atoms with Gasteiger partial charge in [0.05, 0.1) is 0 Å². The van der Waals surface area contributed by atoms with E-state index in [4.69, 9.17) is 0 Å². The highest BCUT2D eigenvalue weighted by Crippen LogP contribution is 2.49. The summed E-state index contributed by atoms with van der Waals surface area (Å²) in [6, 6.07) is 0. The molecule has 1 aliphatic heterocycles. The zero-order valence-electron chi connectivity index (χ0n) is 1.71. The van der Waals surface area contributed by atoms with Crippen molar-refractivity contribution in [2.24, 2.45) is 0 Å². The van der Waals surface area contributed by atoms with Crippen LogP contribution in [0.4, 0.5) is 0 Å². The molecule has 0 amide bonds. The Balaban J connectivity index is 2.54. The van der Waals surface area contributed by atoms with Crippen molar-refractivity contribution in [3.8, 4) is 0 Å². The van der Waals surface area contributed by atoms with Crippen LogP contribution >= 0.6 is 15.8 Å². The molecule has 0 radical (unpaired) electrons. The molecule has 0 N–H and O–H groups in total. The zero-order chi connectivity index (χ0) is 2.99. The maximum atomic E-state index is 9.47. The van der Waals surface area contributed by atoms with Crippen molar-refractivity contribution in [1.29, 1.82) is 0 Å². The summed E-state index contributed by atoms with van der Waals surface area (Å²) in [6.45, 7) is 0. The van der Waals surface area contributed by atoms with E-state index in [1.54, 1.807) is 0 Å². The van der Waals surface area contributed by atoms with E-state index in [2.05, 4.69) is 4.31 Å². The van der Waals surface area contributed by atoms with Gasteiger partial charge in [0, 0.05) is 0 Å². The summed E-state index contributed by atoms with van der Waals surface area (Å²) in [5.74, 6) is 0. The predicted molar refractivity (Wildman–Crippen MR) is 14.9 cm³/mol. The topological polar surface area (TPSA) is 35.6 Å². The lowest BCUT2D eigenvalue weighted by atomic mass is 15.8. The maximum absolute atomic E-state index is 9.47. The second-order valence-electron chi connectivity index (χ2n) is 0.401. The van der Waals surface area contributed by atoms with Gasteiger partial charge in [-0.05, 0) is 0 Å². The first kappa shape index (κ1) is 2.74. The van der Waals surface area contributed by atoms with E-state index < -0.39 is 7.66 Å². The van der Waals surface area contributed by atoms with Crippen molar-refractivity contribution < 1.29 is 9.20 Å². The van der Waals surface area contributed by atoms with Crippen molar-refractivity contribution >= 4 is 15.8 Å². The second-order valence-corrected chi connectivity index (χ2v) is 3.16. The van der Waals surface area contributed by atoms with Crippen molar-refractivity contribution in [3.05, 3.63) is 0 Å². The van der Waals surface area contributed by atoms with Crippen molar-refractivity contribution in [2.45, 2.75) is 0 Å². The van der Waals surface area contributed by atoms with Gasteiger partial charge in [-0.15, -0.1) is 0 Å². The van der Waals surface area contributed by atoms with Crippen LogP contribution in [0.2, 0.25) is 0 Å². The minimum atomic E-state index is -1.15. The minimum absolute atomic E-state index is 0.674. The molecule has 0 aliphatic carbocycles. The molecular formula is O2P2. The Kier molecular flexibility index (Phi) is 0.503. The van der Waals surface area contributed by atoms with E-state index in [1.807, 2.05) is 0 Å². The van der Waals surface area contributed by atoms with E-state index in [0.29, 0.717) is 8.09 Å². The van der Waals surface area contributed by atoms with Crippen LogP contribution in [0.3, 0.4) is 0 Å². The molecule has 2 nitrogen and oxygen atoms in total. The Hall–Kier alpha value is 0.520. The SMILES string of the molecule is [O-][P+]1=PO1. The molecule has 1 rings (SSSR count). The second kappa shape index (κ2) is 0.734. The number of hydrogen-bond acceptors (Lipinski definition) is 2. The molecule has 1 heterocycles. The van der Waals surface area contributed by atoms with Crippen LogP contribution in [0.15, 0.2) is 0 Å². The van der Waals surface area contributed by atoms with Gasteiger partial charge in [-0.3, -0.25) is 0 Å². The summed E-state index contributed by atoms with van der Waals surface area (Å²) < 4.78 is 4.19. The molecule has 0 fully saturated rings. The molecule has 0 aromatic heterocycles. The molecule has 4 heteroatoms. The standard InChI is InChI=1S/O2P2/c1-4-2-3-4. The maximum Gasteiger partial charge on any atom is 0.376 e. The summed E-state index contributed by atoms with van der Waals surface area (Å²) in [5.41, 5.74) is 0. The third kappa shape index (κ3) is 0.470. The fourth-order valence-corrected chi connectivity index (χ4v) is 0.402. The Morgan fingerprint density at radius 3 is 2.25 bits per heavy atom. The normalized spacial score (nSPS) is 32.8. The van der Waals surface area contributed by atoms with Gasteiger partial charge < -0.3 is 4.89 Å². The van der Waals surface area contributed by atoms with E-state index in [-0.39, 0.29) is 0 Å². The summed E-state index contributed by atoms with van der Waals surface area (Å²) in [7, 11) is -0.474. The minimum Gasteiger partial charge on any atom is -0.598 e. The fourth-order valence-electron chi connectivity index (χ4n) is 0.0149. The smallest absolute Gasteiger partial charge is 0.376 e. The first-order valence-corrected chi connectivity index (χ1v) is 3.44. The molecule has 1 unspecified atom stereocenters. The van der Waals surface area contributed by atoms with E-state index in [1.165, 1.54) is 0 Å². The van der Waals surface area contributed by atoms with Gasteiger partial charge in [-0.2, -0.15) is 0 Å². The third-order valence-corrected chi connectivity index (χ3v) is 1.33.